The van der Waals surface area contributed by atoms with Crippen LogP contribution in [-0.4, -0.2) is 67.1 Å². The molecule has 150 valence electrons. The minimum Gasteiger partial charge on any atom is -0.352 e. The predicted molar refractivity (Wildman–Crippen MR) is 108 cm³/mol. The summed E-state index contributed by atoms with van der Waals surface area (Å²) in [6, 6.07) is 8.49. The molecule has 2 heterocycles. The van der Waals surface area contributed by atoms with Crippen molar-refractivity contribution in [3.63, 3.8) is 0 Å². The van der Waals surface area contributed by atoms with Crippen molar-refractivity contribution in [1.82, 2.24) is 19.6 Å². The maximum atomic E-state index is 12.5. The highest BCUT2D eigenvalue weighted by Crippen LogP contribution is 2.15. The first-order valence-corrected chi connectivity index (χ1v) is 11.0. The van der Waals surface area contributed by atoms with Gasteiger partial charge in [0, 0.05) is 45.1 Å². The maximum Gasteiger partial charge on any atom is 0.252 e. The normalized spacial score (nSPS) is 15.4. The first-order valence-electron chi connectivity index (χ1n) is 9.00. The number of carbonyl (C=O) groups excluding carboxylic acids is 1. The van der Waals surface area contributed by atoms with E-state index in [0.717, 1.165) is 0 Å². The van der Waals surface area contributed by atoms with Crippen molar-refractivity contribution in [2.45, 2.75) is 6.42 Å². The highest BCUT2D eigenvalue weighted by Gasteiger charge is 2.27. The lowest BCUT2D eigenvalue weighted by Crippen LogP contribution is -2.49. The van der Waals surface area contributed by atoms with E-state index in [1.165, 1.54) is 4.31 Å². The van der Waals surface area contributed by atoms with Crippen LogP contribution in [0.5, 0.6) is 0 Å². The van der Waals surface area contributed by atoms with E-state index < -0.39 is 10.0 Å². The molecular formula is C18H22ClN5O3S. The third kappa shape index (κ3) is 5.18. The van der Waals surface area contributed by atoms with Crippen molar-refractivity contribution in [2.75, 3.05) is 43.4 Å². The molecular weight excluding hydrogens is 402 g/mol. The van der Waals surface area contributed by atoms with Gasteiger partial charge in [0.1, 0.15) is 0 Å². The molecule has 0 radical (unpaired) electrons. The Morgan fingerprint density at radius 3 is 2.43 bits per heavy atom. The number of hydrogen-bond donors (Lipinski definition) is 1. The zero-order valence-corrected chi connectivity index (χ0v) is 16.9. The van der Waals surface area contributed by atoms with E-state index in [1.54, 1.807) is 42.7 Å². The van der Waals surface area contributed by atoms with Gasteiger partial charge in [-0.3, -0.25) is 4.79 Å². The van der Waals surface area contributed by atoms with Gasteiger partial charge in [-0.25, -0.2) is 18.4 Å². The molecule has 1 aliphatic heterocycles. The van der Waals surface area contributed by atoms with Gasteiger partial charge < -0.3 is 10.2 Å². The van der Waals surface area contributed by atoms with Crippen LogP contribution in [0.15, 0.2) is 42.7 Å². The number of nitrogens with zero attached hydrogens (tertiary/aromatic N) is 4. The van der Waals surface area contributed by atoms with E-state index in [9.17, 15) is 13.2 Å². The molecule has 0 saturated carbocycles. The first-order chi connectivity index (χ1) is 13.5. The summed E-state index contributed by atoms with van der Waals surface area (Å²) < 4.78 is 26.6. The molecule has 0 atom stereocenters. The molecule has 28 heavy (non-hydrogen) atoms. The molecule has 1 saturated heterocycles. The molecule has 1 aliphatic rings. The fraction of sp³-hybridized carbons (Fsp3) is 0.389. The van der Waals surface area contributed by atoms with Crippen molar-refractivity contribution in [1.29, 1.82) is 0 Å². The average molecular weight is 424 g/mol. The molecule has 0 bridgehead atoms. The first kappa shape index (κ1) is 20.5. The largest absolute Gasteiger partial charge is 0.352 e. The Hall–Kier alpha value is -2.23. The number of hydrogen-bond acceptors (Lipinski definition) is 6. The summed E-state index contributed by atoms with van der Waals surface area (Å²) >= 11 is 5.99. The summed E-state index contributed by atoms with van der Waals surface area (Å²) in [5.41, 5.74) is 0.381. The van der Waals surface area contributed by atoms with Crippen LogP contribution in [0.25, 0.3) is 0 Å². The van der Waals surface area contributed by atoms with E-state index >= 15 is 0 Å². The average Bonchev–Trinajstić information content (AvgIpc) is 2.72. The Labute approximate surface area is 169 Å². The second-order valence-corrected chi connectivity index (χ2v) is 8.84. The number of benzene rings is 1. The van der Waals surface area contributed by atoms with Gasteiger partial charge in [-0.05, 0) is 24.6 Å². The van der Waals surface area contributed by atoms with Crippen molar-refractivity contribution in [3.05, 3.63) is 53.3 Å². The van der Waals surface area contributed by atoms with Crippen molar-refractivity contribution < 1.29 is 13.2 Å². The van der Waals surface area contributed by atoms with Crippen LogP contribution >= 0.6 is 11.6 Å². The molecule has 8 nitrogen and oxygen atoms in total. The molecule has 1 amide bonds. The number of piperazine rings is 1. The Balaban J connectivity index is 1.43. The van der Waals surface area contributed by atoms with E-state index in [0.29, 0.717) is 49.1 Å². The molecule has 1 aromatic carbocycles. The van der Waals surface area contributed by atoms with Crippen molar-refractivity contribution in [2.24, 2.45) is 0 Å². The van der Waals surface area contributed by atoms with Crippen LogP contribution in [0, 0.1) is 0 Å². The fourth-order valence-electron chi connectivity index (χ4n) is 2.95. The smallest absolute Gasteiger partial charge is 0.252 e. The predicted octanol–water partition coefficient (Wildman–Crippen LogP) is 1.40. The lowest BCUT2D eigenvalue weighted by molar-refractivity contribution is 0.0954. The Kier molecular flexibility index (Phi) is 6.82. The highest BCUT2D eigenvalue weighted by molar-refractivity contribution is 7.89. The molecule has 2 aromatic rings. The van der Waals surface area contributed by atoms with Crippen molar-refractivity contribution >= 4 is 33.5 Å². The zero-order chi connectivity index (χ0) is 20.0. The second-order valence-electron chi connectivity index (χ2n) is 6.34. The molecule has 1 aromatic heterocycles. The van der Waals surface area contributed by atoms with E-state index in [4.69, 9.17) is 11.6 Å². The highest BCUT2D eigenvalue weighted by atomic mass is 35.5. The number of aromatic nitrogens is 2. The number of sulfonamides is 1. The lowest BCUT2D eigenvalue weighted by Gasteiger charge is -2.33. The molecule has 3 rings (SSSR count). The fourth-order valence-corrected chi connectivity index (χ4v) is 4.66. The number of rotatable bonds is 7. The molecule has 1 N–H and O–H groups in total. The minimum absolute atomic E-state index is 0.0162. The van der Waals surface area contributed by atoms with Crippen LogP contribution < -0.4 is 10.2 Å². The molecule has 0 spiro atoms. The van der Waals surface area contributed by atoms with Gasteiger partial charge in [0.05, 0.1) is 16.3 Å². The number of amides is 1. The van der Waals surface area contributed by atoms with Crippen LogP contribution in [0.1, 0.15) is 16.8 Å². The summed E-state index contributed by atoms with van der Waals surface area (Å²) in [5.74, 6) is 0.291. The second kappa shape index (κ2) is 9.31. The van der Waals surface area contributed by atoms with E-state index in [1.807, 2.05) is 4.90 Å². The summed E-state index contributed by atoms with van der Waals surface area (Å²) in [5, 5.41) is 3.08. The van der Waals surface area contributed by atoms with Gasteiger partial charge >= 0.3 is 0 Å². The van der Waals surface area contributed by atoms with Crippen LogP contribution in [-0.2, 0) is 10.0 Å². The summed E-state index contributed by atoms with van der Waals surface area (Å²) in [6.07, 6.45) is 3.67. The SMILES string of the molecule is O=C(NCCCS(=O)(=O)N1CCN(c2ncccn2)CC1)c1ccccc1Cl. The van der Waals surface area contributed by atoms with Gasteiger partial charge in [0.2, 0.25) is 16.0 Å². The molecule has 1 fully saturated rings. The maximum absolute atomic E-state index is 12.5. The van der Waals surface area contributed by atoms with Crippen LogP contribution in [0.2, 0.25) is 5.02 Å². The van der Waals surface area contributed by atoms with E-state index in [2.05, 4.69) is 15.3 Å². The van der Waals surface area contributed by atoms with Gasteiger partial charge in [-0.15, -0.1) is 0 Å². The van der Waals surface area contributed by atoms with Gasteiger partial charge in [0.25, 0.3) is 5.91 Å². The number of nitrogens with one attached hydrogen (secondary N) is 1. The summed E-state index contributed by atoms with van der Waals surface area (Å²) in [4.78, 5) is 22.4. The number of carbonyl (C=O) groups is 1. The summed E-state index contributed by atoms with van der Waals surface area (Å²) in [7, 11) is -3.37. The standard InChI is InChI=1S/C18H22ClN5O3S/c19-16-6-2-1-5-15(16)17(25)20-9-4-14-28(26,27)24-12-10-23(11-13-24)18-21-7-3-8-22-18/h1-3,5-8H,4,9-14H2,(H,20,25). The van der Waals surface area contributed by atoms with Crippen molar-refractivity contribution in [3.8, 4) is 0 Å². The topological polar surface area (TPSA) is 95.5 Å². The minimum atomic E-state index is -3.37. The Morgan fingerprint density at radius 1 is 1.07 bits per heavy atom. The molecule has 10 heteroatoms. The zero-order valence-electron chi connectivity index (χ0n) is 15.3. The number of halogens is 1. The Bertz CT molecular complexity index is 902. The number of anilines is 1. The quantitative estimate of drug-likeness (QED) is 0.676. The monoisotopic (exact) mass is 423 g/mol. The molecule has 0 unspecified atom stereocenters. The van der Waals surface area contributed by atoms with E-state index in [-0.39, 0.29) is 18.2 Å². The van der Waals surface area contributed by atoms with Crippen LogP contribution in [0.4, 0.5) is 5.95 Å². The third-order valence-electron chi connectivity index (χ3n) is 4.45. The van der Waals surface area contributed by atoms with Gasteiger partial charge in [-0.2, -0.15) is 4.31 Å². The van der Waals surface area contributed by atoms with Gasteiger partial charge in [0.15, 0.2) is 0 Å². The lowest BCUT2D eigenvalue weighted by atomic mass is 10.2. The Morgan fingerprint density at radius 2 is 1.75 bits per heavy atom. The molecule has 0 aliphatic carbocycles. The summed E-state index contributed by atoms with van der Waals surface area (Å²) in [6.45, 7) is 2.15. The van der Waals surface area contributed by atoms with Crippen LogP contribution in [0.3, 0.4) is 0 Å². The third-order valence-corrected chi connectivity index (χ3v) is 6.74. The van der Waals surface area contributed by atoms with Gasteiger partial charge in [-0.1, -0.05) is 23.7 Å².